The van der Waals surface area contributed by atoms with Crippen LogP contribution in [0.5, 0.6) is 0 Å². The van der Waals surface area contributed by atoms with Gasteiger partial charge in [-0.15, -0.1) is 11.3 Å². The van der Waals surface area contributed by atoms with E-state index >= 15 is 0 Å². The highest BCUT2D eigenvalue weighted by molar-refractivity contribution is 7.14. The second kappa shape index (κ2) is 5.58. The van der Waals surface area contributed by atoms with Gasteiger partial charge in [0.05, 0.1) is 12.3 Å². The van der Waals surface area contributed by atoms with E-state index < -0.39 is 0 Å². The summed E-state index contributed by atoms with van der Waals surface area (Å²) in [4.78, 5) is 4.69. The van der Waals surface area contributed by atoms with Crippen LogP contribution in [0.3, 0.4) is 0 Å². The largest absolute Gasteiger partial charge is 0.383 e. The first-order valence-electron chi connectivity index (χ1n) is 7.08. The van der Waals surface area contributed by atoms with Gasteiger partial charge in [-0.2, -0.15) is 0 Å². The van der Waals surface area contributed by atoms with Crippen molar-refractivity contribution in [3.63, 3.8) is 0 Å². The summed E-state index contributed by atoms with van der Waals surface area (Å²) in [6.07, 6.45) is 2.63. The zero-order chi connectivity index (χ0) is 14.1. The lowest BCUT2D eigenvalue weighted by Crippen LogP contribution is -2.07. The molecule has 3 rings (SSSR count). The summed E-state index contributed by atoms with van der Waals surface area (Å²) in [6.45, 7) is 5.90. The first-order chi connectivity index (χ1) is 9.70. The van der Waals surface area contributed by atoms with Crippen LogP contribution in [0.4, 0.5) is 5.13 Å². The molecule has 4 nitrogen and oxygen atoms in total. The van der Waals surface area contributed by atoms with Crippen molar-refractivity contribution in [3.05, 3.63) is 22.8 Å². The second-order valence-corrected chi connectivity index (χ2v) is 6.20. The number of nitrogens with zero attached hydrogens (tertiary/aromatic N) is 2. The Bertz CT molecular complexity index is 598. The topological polar surface area (TPSA) is 39.1 Å². The molecule has 1 aliphatic rings. The van der Waals surface area contributed by atoms with Crippen molar-refractivity contribution in [2.45, 2.75) is 32.7 Å². The molecule has 108 valence electrons. The number of thiazole rings is 1. The number of aromatic nitrogens is 2. The molecule has 0 atom stereocenters. The van der Waals surface area contributed by atoms with Gasteiger partial charge in [-0.25, -0.2) is 4.98 Å². The Balaban J connectivity index is 1.80. The van der Waals surface area contributed by atoms with Crippen LogP contribution in [0, 0.1) is 13.8 Å². The maximum atomic E-state index is 5.04. The summed E-state index contributed by atoms with van der Waals surface area (Å²) < 4.78 is 7.50. The Kier molecular flexibility index (Phi) is 3.81. The van der Waals surface area contributed by atoms with Gasteiger partial charge in [-0.1, -0.05) is 0 Å². The molecule has 0 saturated heterocycles. The highest BCUT2D eigenvalue weighted by Gasteiger charge is 2.27. The van der Waals surface area contributed by atoms with Crippen molar-refractivity contribution in [1.82, 2.24) is 9.55 Å². The molecule has 20 heavy (non-hydrogen) atoms. The maximum Gasteiger partial charge on any atom is 0.183 e. The van der Waals surface area contributed by atoms with Gasteiger partial charge < -0.3 is 14.6 Å². The highest BCUT2D eigenvalue weighted by atomic mass is 32.1. The van der Waals surface area contributed by atoms with E-state index in [0.29, 0.717) is 6.61 Å². The molecule has 1 N–H and O–H groups in total. The van der Waals surface area contributed by atoms with Crippen LogP contribution in [-0.2, 0) is 4.74 Å². The fourth-order valence-corrected chi connectivity index (χ4v) is 3.41. The quantitative estimate of drug-likeness (QED) is 0.826. The average molecular weight is 291 g/mol. The lowest BCUT2D eigenvalue weighted by atomic mass is 10.2. The predicted octanol–water partition coefficient (Wildman–Crippen LogP) is 3.62. The summed E-state index contributed by atoms with van der Waals surface area (Å²) in [5, 5.41) is 6.39. The predicted molar refractivity (Wildman–Crippen MR) is 83.7 cm³/mol. The van der Waals surface area contributed by atoms with E-state index in [1.54, 1.807) is 18.4 Å². The third-order valence-electron chi connectivity index (χ3n) is 3.76. The average Bonchev–Trinajstić information content (AvgIpc) is 3.06. The van der Waals surface area contributed by atoms with Crippen LogP contribution in [0.1, 0.15) is 30.3 Å². The summed E-state index contributed by atoms with van der Waals surface area (Å²) in [5.74, 6) is 0. The van der Waals surface area contributed by atoms with Crippen LogP contribution in [0.25, 0.3) is 11.3 Å². The van der Waals surface area contributed by atoms with E-state index in [-0.39, 0.29) is 0 Å². The van der Waals surface area contributed by atoms with Gasteiger partial charge in [0.15, 0.2) is 5.13 Å². The molecule has 1 saturated carbocycles. The minimum Gasteiger partial charge on any atom is -0.383 e. The van der Waals surface area contributed by atoms with Crippen molar-refractivity contribution in [1.29, 1.82) is 0 Å². The number of methoxy groups -OCH3 is 1. The lowest BCUT2D eigenvalue weighted by molar-refractivity contribution is 0.211. The number of rotatable bonds is 6. The zero-order valence-electron chi connectivity index (χ0n) is 12.3. The molecule has 0 unspecified atom stereocenters. The van der Waals surface area contributed by atoms with Gasteiger partial charge >= 0.3 is 0 Å². The molecule has 0 aliphatic heterocycles. The van der Waals surface area contributed by atoms with Crippen molar-refractivity contribution >= 4 is 16.5 Å². The summed E-state index contributed by atoms with van der Waals surface area (Å²) in [5.41, 5.74) is 5.04. The van der Waals surface area contributed by atoms with Gasteiger partial charge in [0.25, 0.3) is 0 Å². The third-order valence-corrected chi connectivity index (χ3v) is 4.56. The molecule has 2 aromatic heterocycles. The first-order valence-corrected chi connectivity index (χ1v) is 7.96. The minimum absolute atomic E-state index is 0.700. The maximum absolute atomic E-state index is 5.04. The van der Waals surface area contributed by atoms with E-state index in [1.807, 2.05) is 0 Å². The Hall–Kier alpha value is -1.33. The van der Waals surface area contributed by atoms with Crippen molar-refractivity contribution in [2.24, 2.45) is 0 Å². The van der Waals surface area contributed by atoms with Crippen LogP contribution in [-0.4, -0.2) is 29.8 Å². The SMILES string of the molecule is COCCNc1nc(-c2cc(C)n(C3CC3)c2C)cs1. The Morgan fingerprint density at radius 3 is 2.95 bits per heavy atom. The zero-order valence-corrected chi connectivity index (χ0v) is 13.1. The molecule has 0 amide bonds. The monoisotopic (exact) mass is 291 g/mol. The highest BCUT2D eigenvalue weighted by Crippen LogP contribution is 2.40. The van der Waals surface area contributed by atoms with E-state index in [9.17, 15) is 0 Å². The number of aryl methyl sites for hydroxylation is 1. The second-order valence-electron chi connectivity index (χ2n) is 5.34. The van der Waals surface area contributed by atoms with E-state index in [1.165, 1.54) is 29.8 Å². The van der Waals surface area contributed by atoms with Crippen LogP contribution in [0.15, 0.2) is 11.4 Å². The number of hydrogen-bond acceptors (Lipinski definition) is 4. The van der Waals surface area contributed by atoms with Crippen LogP contribution in [0.2, 0.25) is 0 Å². The van der Waals surface area contributed by atoms with Crippen LogP contribution >= 0.6 is 11.3 Å². The fraction of sp³-hybridized carbons (Fsp3) is 0.533. The fourth-order valence-electron chi connectivity index (χ4n) is 2.67. The minimum atomic E-state index is 0.700. The van der Waals surface area contributed by atoms with Gasteiger partial charge in [0.1, 0.15) is 0 Å². The van der Waals surface area contributed by atoms with Crippen molar-refractivity contribution in [3.8, 4) is 11.3 Å². The molecule has 1 fully saturated rings. The molecule has 0 bridgehead atoms. The molecular formula is C15H21N3OS. The molecule has 5 heteroatoms. The van der Waals surface area contributed by atoms with E-state index in [0.717, 1.165) is 23.4 Å². The van der Waals surface area contributed by atoms with Crippen molar-refractivity contribution in [2.75, 3.05) is 25.6 Å². The molecular weight excluding hydrogens is 270 g/mol. The van der Waals surface area contributed by atoms with E-state index in [2.05, 4.69) is 40.2 Å². The molecule has 1 aliphatic carbocycles. The Morgan fingerprint density at radius 2 is 2.25 bits per heavy atom. The summed E-state index contributed by atoms with van der Waals surface area (Å²) >= 11 is 1.66. The molecule has 2 heterocycles. The molecule has 0 radical (unpaired) electrons. The van der Waals surface area contributed by atoms with E-state index in [4.69, 9.17) is 4.74 Å². The van der Waals surface area contributed by atoms with Crippen molar-refractivity contribution < 1.29 is 4.74 Å². The number of ether oxygens (including phenoxy) is 1. The van der Waals surface area contributed by atoms with Gasteiger partial charge in [-0.3, -0.25) is 0 Å². The lowest BCUT2D eigenvalue weighted by Gasteiger charge is -2.07. The molecule has 0 spiro atoms. The number of nitrogens with one attached hydrogen (secondary N) is 1. The molecule has 2 aromatic rings. The Morgan fingerprint density at radius 1 is 1.45 bits per heavy atom. The first kappa shape index (κ1) is 13.6. The number of hydrogen-bond donors (Lipinski definition) is 1. The van der Waals surface area contributed by atoms with Crippen LogP contribution < -0.4 is 5.32 Å². The summed E-state index contributed by atoms with van der Waals surface area (Å²) in [7, 11) is 1.71. The summed E-state index contributed by atoms with van der Waals surface area (Å²) in [6, 6.07) is 2.99. The normalized spacial score (nSPS) is 14.8. The smallest absolute Gasteiger partial charge is 0.183 e. The standard InChI is InChI=1S/C15H21N3OS/c1-10-8-13(11(2)18(10)12-4-5-12)14-9-20-15(17-14)16-6-7-19-3/h8-9,12H,4-7H2,1-3H3,(H,16,17). The molecule has 0 aromatic carbocycles. The van der Waals surface area contributed by atoms with Gasteiger partial charge in [0.2, 0.25) is 0 Å². The number of anilines is 1. The van der Waals surface area contributed by atoms with Gasteiger partial charge in [-0.05, 0) is 32.8 Å². The third kappa shape index (κ3) is 2.60. The Labute approximate surface area is 123 Å². The van der Waals surface area contributed by atoms with Gasteiger partial charge in [0, 0.05) is 42.0 Å².